The van der Waals surface area contributed by atoms with Gasteiger partial charge in [0.1, 0.15) is 12.3 Å². The molecule has 1 aromatic carbocycles. The number of fused-ring (bicyclic) bond motifs is 1. The number of β-amino-alcohol motifs (C(OH)–C–C–N with tert-alkyl or cyclic N) is 1. The average Bonchev–Trinajstić information content (AvgIpc) is 3.24. The molecule has 7 nitrogen and oxygen atoms in total. The van der Waals surface area contributed by atoms with Gasteiger partial charge in [-0.25, -0.2) is 4.79 Å². The molecule has 0 aromatic heterocycles. The molecular weight excluding hydrogens is 393 g/mol. The topological polar surface area (TPSA) is 84.3 Å². The van der Waals surface area contributed by atoms with Crippen LogP contribution in [0.25, 0.3) is 0 Å². The van der Waals surface area contributed by atoms with Gasteiger partial charge in [0.05, 0.1) is 22.2 Å². The van der Waals surface area contributed by atoms with E-state index in [1.165, 1.54) is 6.07 Å². The highest BCUT2D eigenvalue weighted by atomic mass is 35.5. The molecule has 3 heterocycles. The number of aliphatic hydroxyl groups is 1. The zero-order valence-corrected chi connectivity index (χ0v) is 16.2. The summed E-state index contributed by atoms with van der Waals surface area (Å²) in [5.41, 5.74) is 0.562. The number of carbonyl (C=O) groups excluding carboxylic acids is 2. The van der Waals surface area contributed by atoms with E-state index >= 15 is 0 Å². The molecule has 3 aliphatic heterocycles. The second kappa shape index (κ2) is 7.04. The van der Waals surface area contributed by atoms with Crippen LogP contribution in [0.5, 0.6) is 5.75 Å². The summed E-state index contributed by atoms with van der Waals surface area (Å²) in [6.07, 6.45) is 0.679. The van der Waals surface area contributed by atoms with Gasteiger partial charge in [-0.15, -0.1) is 0 Å². The third-order valence-corrected chi connectivity index (χ3v) is 6.53. The third kappa shape index (κ3) is 3.32. The van der Waals surface area contributed by atoms with Gasteiger partial charge in [0.15, 0.2) is 0 Å². The Balaban J connectivity index is 1.51. The number of hydrogen-bond donors (Lipinski definition) is 2. The Kier molecular flexibility index (Phi) is 4.86. The summed E-state index contributed by atoms with van der Waals surface area (Å²) in [5.74, 6) is -0.172. The minimum absolute atomic E-state index is 0.0317. The van der Waals surface area contributed by atoms with Crippen molar-refractivity contribution in [2.75, 3.05) is 32.7 Å². The van der Waals surface area contributed by atoms with Crippen LogP contribution in [0.2, 0.25) is 10.0 Å². The van der Waals surface area contributed by atoms with Gasteiger partial charge >= 0.3 is 6.03 Å². The van der Waals surface area contributed by atoms with Gasteiger partial charge < -0.3 is 24.9 Å². The van der Waals surface area contributed by atoms with Crippen LogP contribution in [0.3, 0.4) is 0 Å². The fraction of sp³-hybridized carbons (Fsp3) is 0.556. The summed E-state index contributed by atoms with van der Waals surface area (Å²) in [6, 6.07) is 2.73. The van der Waals surface area contributed by atoms with E-state index in [1.54, 1.807) is 20.8 Å². The number of aromatic hydroxyl groups is 1. The van der Waals surface area contributed by atoms with Crippen LogP contribution in [0.15, 0.2) is 12.1 Å². The van der Waals surface area contributed by atoms with Crippen LogP contribution in [0, 0.1) is 0 Å². The number of phenolic OH excluding ortho intramolecular Hbond substituents is 1. The number of halogens is 2. The molecule has 3 amide bonds. The number of likely N-dealkylation sites (tertiary alicyclic amines) is 1. The minimum atomic E-state index is -0.491. The second-order valence-electron chi connectivity index (χ2n) is 7.48. The van der Waals surface area contributed by atoms with Crippen LogP contribution in [0.1, 0.15) is 24.3 Å². The number of hydrogen-bond acceptors (Lipinski definition) is 4. The minimum Gasteiger partial charge on any atom is -0.508 e. The molecule has 0 bridgehead atoms. The van der Waals surface area contributed by atoms with Crippen molar-refractivity contribution in [3.8, 4) is 5.75 Å². The summed E-state index contributed by atoms with van der Waals surface area (Å²) >= 11 is 12.4. The lowest BCUT2D eigenvalue weighted by Crippen LogP contribution is -2.57. The van der Waals surface area contributed by atoms with Crippen LogP contribution in [0.4, 0.5) is 4.79 Å². The first-order valence-corrected chi connectivity index (χ1v) is 9.79. The van der Waals surface area contributed by atoms with Gasteiger partial charge in [-0.2, -0.15) is 0 Å². The van der Waals surface area contributed by atoms with Crippen molar-refractivity contribution in [3.63, 3.8) is 0 Å². The van der Waals surface area contributed by atoms with Crippen LogP contribution in [-0.2, 0) is 4.79 Å². The number of nitrogens with zero attached hydrogens (tertiary/aromatic N) is 3. The van der Waals surface area contributed by atoms with Crippen molar-refractivity contribution >= 4 is 35.1 Å². The number of piperazine rings is 1. The number of phenols is 1. The lowest BCUT2D eigenvalue weighted by atomic mass is 9.95. The fourth-order valence-electron chi connectivity index (χ4n) is 4.38. The molecule has 146 valence electrons. The van der Waals surface area contributed by atoms with E-state index in [2.05, 4.69) is 0 Å². The molecule has 3 saturated heterocycles. The van der Waals surface area contributed by atoms with E-state index in [0.29, 0.717) is 54.6 Å². The molecule has 0 saturated carbocycles. The molecule has 3 atom stereocenters. The molecule has 0 aliphatic carbocycles. The maximum Gasteiger partial charge on any atom is 0.320 e. The molecule has 1 aromatic rings. The maximum atomic E-state index is 12.7. The van der Waals surface area contributed by atoms with Gasteiger partial charge in [-0.3, -0.25) is 4.79 Å². The van der Waals surface area contributed by atoms with Crippen molar-refractivity contribution in [1.29, 1.82) is 0 Å². The molecule has 4 rings (SSSR count). The highest BCUT2D eigenvalue weighted by Crippen LogP contribution is 2.43. The summed E-state index contributed by atoms with van der Waals surface area (Å²) < 4.78 is 0. The molecule has 9 heteroatoms. The SMILES string of the molecule is O=C(N1CC[C@@H](O)C1)N1CC(=O)N2C[C@@H](c3c(O)ccc(Cl)c3Cl)C[C@H]2C1. The highest BCUT2D eigenvalue weighted by Gasteiger charge is 2.44. The van der Waals surface area contributed by atoms with Crippen LogP contribution < -0.4 is 0 Å². The predicted molar refractivity (Wildman–Crippen MR) is 100 cm³/mol. The van der Waals surface area contributed by atoms with E-state index in [1.807, 2.05) is 0 Å². The summed E-state index contributed by atoms with van der Waals surface area (Å²) in [5, 5.41) is 20.6. The van der Waals surface area contributed by atoms with E-state index in [-0.39, 0.29) is 36.2 Å². The van der Waals surface area contributed by atoms with Gasteiger partial charge in [-0.1, -0.05) is 23.2 Å². The number of aliphatic hydroxyl groups excluding tert-OH is 1. The Hall–Kier alpha value is -1.70. The monoisotopic (exact) mass is 413 g/mol. The van der Waals surface area contributed by atoms with Crippen molar-refractivity contribution in [1.82, 2.24) is 14.7 Å². The molecule has 3 aliphatic rings. The van der Waals surface area contributed by atoms with E-state index < -0.39 is 6.10 Å². The van der Waals surface area contributed by atoms with E-state index in [4.69, 9.17) is 23.2 Å². The maximum absolute atomic E-state index is 12.7. The normalized spacial score (nSPS) is 28.0. The first-order chi connectivity index (χ1) is 12.8. The van der Waals surface area contributed by atoms with Crippen LogP contribution in [-0.4, -0.2) is 81.7 Å². The van der Waals surface area contributed by atoms with Crippen LogP contribution >= 0.6 is 23.2 Å². The Morgan fingerprint density at radius 3 is 2.63 bits per heavy atom. The number of carbonyl (C=O) groups is 2. The van der Waals surface area contributed by atoms with Crippen molar-refractivity contribution in [2.24, 2.45) is 0 Å². The molecule has 2 N–H and O–H groups in total. The quantitative estimate of drug-likeness (QED) is 0.735. The average molecular weight is 414 g/mol. The number of benzene rings is 1. The third-order valence-electron chi connectivity index (χ3n) is 5.71. The summed E-state index contributed by atoms with van der Waals surface area (Å²) in [4.78, 5) is 30.2. The zero-order chi connectivity index (χ0) is 19.3. The molecule has 0 spiro atoms. The molecule has 0 unspecified atom stereocenters. The predicted octanol–water partition coefficient (Wildman–Crippen LogP) is 1.89. The highest BCUT2D eigenvalue weighted by molar-refractivity contribution is 6.42. The van der Waals surface area contributed by atoms with E-state index in [9.17, 15) is 19.8 Å². The number of rotatable bonds is 1. The van der Waals surface area contributed by atoms with Crippen molar-refractivity contribution in [3.05, 3.63) is 27.7 Å². The Labute approximate surface area is 167 Å². The Morgan fingerprint density at radius 2 is 1.93 bits per heavy atom. The largest absolute Gasteiger partial charge is 0.508 e. The van der Waals surface area contributed by atoms with Gasteiger partial charge in [-0.05, 0) is 25.0 Å². The van der Waals surface area contributed by atoms with Gasteiger partial charge in [0, 0.05) is 37.7 Å². The molecular formula is C18H21Cl2N3O4. The van der Waals surface area contributed by atoms with Gasteiger partial charge in [0.25, 0.3) is 0 Å². The lowest BCUT2D eigenvalue weighted by molar-refractivity contribution is -0.136. The summed E-state index contributed by atoms with van der Waals surface area (Å²) in [6.45, 7) is 1.73. The standard InChI is InChI=1S/C18H21Cl2N3O4/c19-13-1-2-14(25)16(17(13)20)10-5-11-7-22(9-15(26)23(11)6-10)18(27)21-4-3-12(24)8-21/h1-2,10-12,24-25H,3-9H2/t10-,11-,12+/m0/s1. The Morgan fingerprint density at radius 1 is 1.15 bits per heavy atom. The second-order valence-corrected chi connectivity index (χ2v) is 8.26. The fourth-order valence-corrected chi connectivity index (χ4v) is 4.86. The Bertz CT molecular complexity index is 790. The molecule has 3 fully saturated rings. The van der Waals surface area contributed by atoms with Crippen molar-refractivity contribution in [2.45, 2.75) is 30.9 Å². The molecule has 0 radical (unpaired) electrons. The number of amides is 3. The van der Waals surface area contributed by atoms with E-state index in [0.717, 1.165) is 0 Å². The number of urea groups is 1. The summed E-state index contributed by atoms with van der Waals surface area (Å²) in [7, 11) is 0. The van der Waals surface area contributed by atoms with Gasteiger partial charge in [0.2, 0.25) is 5.91 Å². The molecule has 27 heavy (non-hydrogen) atoms. The zero-order valence-electron chi connectivity index (χ0n) is 14.6. The lowest BCUT2D eigenvalue weighted by Gasteiger charge is -2.38. The smallest absolute Gasteiger partial charge is 0.320 e. The first kappa shape index (κ1) is 18.7. The van der Waals surface area contributed by atoms with Crippen molar-refractivity contribution < 1.29 is 19.8 Å². The first-order valence-electron chi connectivity index (χ1n) is 9.03.